The summed E-state index contributed by atoms with van der Waals surface area (Å²) in [6.07, 6.45) is -3.28. The van der Waals surface area contributed by atoms with E-state index in [-0.39, 0.29) is 21.6 Å². The predicted octanol–water partition coefficient (Wildman–Crippen LogP) is 5.76. The molecule has 1 rings (SSSR count). The molecule has 0 radical (unpaired) electrons. The van der Waals surface area contributed by atoms with Gasteiger partial charge in [0.15, 0.2) is 5.75 Å². The Kier molecular flexibility index (Phi) is 6.17. The van der Waals surface area contributed by atoms with Crippen LogP contribution in [0.25, 0.3) is 0 Å². The zero-order chi connectivity index (χ0) is 17.1. The van der Waals surface area contributed by atoms with Crippen molar-refractivity contribution in [3.8, 4) is 5.75 Å². The summed E-state index contributed by atoms with van der Waals surface area (Å²) in [4.78, 5) is 10.6. The molecule has 0 aromatic heterocycles. The first-order chi connectivity index (χ1) is 10.0. The molecule has 0 fully saturated rings. The molecule has 3 nitrogen and oxygen atoms in total. The number of alkyl halides is 3. The Labute approximate surface area is 139 Å². The highest BCUT2D eigenvalue weighted by Gasteiger charge is 2.32. The molecule has 9 heteroatoms. The maximum Gasteiger partial charge on any atom is 0.416 e. The molecule has 0 bridgehead atoms. The van der Waals surface area contributed by atoms with Gasteiger partial charge in [-0.3, -0.25) is 4.79 Å². The zero-order valence-electron chi connectivity index (χ0n) is 11.0. The van der Waals surface area contributed by atoms with Crippen LogP contribution < -0.4 is 10.1 Å². The normalized spacial score (nSPS) is 12.0. The Morgan fingerprint density at radius 2 is 1.82 bits per heavy atom. The molecule has 22 heavy (non-hydrogen) atoms. The average Bonchev–Trinajstić information content (AvgIpc) is 2.30. The summed E-state index contributed by atoms with van der Waals surface area (Å²) in [6, 6.07) is 1.38. The minimum absolute atomic E-state index is 0.00789. The molecule has 0 atom stereocenters. The molecule has 0 saturated carbocycles. The molecule has 1 amide bonds. The van der Waals surface area contributed by atoms with Crippen LogP contribution in [0.4, 0.5) is 18.0 Å². The second kappa shape index (κ2) is 7.26. The molecule has 0 aliphatic rings. The highest BCUT2D eigenvalue weighted by atomic mass is 35.5. The average molecular weight is 375 g/mol. The number of nitrogens with one attached hydrogen (secondary N) is 1. The molecule has 0 saturated heterocycles. The maximum atomic E-state index is 12.6. The van der Waals surface area contributed by atoms with Crippen LogP contribution in [-0.2, 0) is 6.18 Å². The first-order valence-corrected chi connectivity index (χ1v) is 6.72. The smallest absolute Gasteiger partial charge is 0.416 e. The van der Waals surface area contributed by atoms with Crippen molar-refractivity contribution in [3.05, 3.63) is 51.9 Å². The number of carbonyl (C=O) groups is 1. The Hall–Kier alpha value is -1.37. The van der Waals surface area contributed by atoms with E-state index >= 15 is 0 Å². The van der Waals surface area contributed by atoms with Gasteiger partial charge in [0.25, 0.3) is 0 Å². The van der Waals surface area contributed by atoms with Gasteiger partial charge in [-0.1, -0.05) is 29.8 Å². The van der Waals surface area contributed by atoms with Crippen LogP contribution in [0.3, 0.4) is 0 Å². The summed E-state index contributed by atoms with van der Waals surface area (Å²) in [6.45, 7) is 5.02. The van der Waals surface area contributed by atoms with Crippen molar-refractivity contribution in [2.24, 2.45) is 0 Å². The first-order valence-electron chi connectivity index (χ1n) is 5.58. The van der Waals surface area contributed by atoms with Gasteiger partial charge in [0.05, 0.1) is 15.6 Å². The molecule has 0 spiro atoms. The van der Waals surface area contributed by atoms with Crippen molar-refractivity contribution in [2.75, 3.05) is 0 Å². The van der Waals surface area contributed by atoms with Crippen molar-refractivity contribution in [1.82, 2.24) is 5.32 Å². The third-order valence-corrected chi connectivity index (χ3v) is 2.89. The summed E-state index contributed by atoms with van der Waals surface area (Å²) < 4.78 is 43.0. The number of rotatable bonds is 4. The number of ether oxygens (including phenoxy) is 1. The number of carbonyl (C=O) groups excluding carboxylic acids is 1. The standard InChI is InChI=1S/C13H9Cl3F3NO2/c1-6(20-12(16)21)3-7(2)22-11-9(14)4-8(5-10(11)15)13(17,18)19/h3-5H,2H2,1H3,(H,20,21)/b6-3-. The Morgan fingerprint density at radius 3 is 2.23 bits per heavy atom. The summed E-state index contributed by atoms with van der Waals surface area (Å²) in [7, 11) is 0. The third-order valence-electron chi connectivity index (χ3n) is 2.23. The molecule has 1 aromatic carbocycles. The number of allylic oxidation sites excluding steroid dienone is 2. The van der Waals surface area contributed by atoms with Gasteiger partial charge in [0.2, 0.25) is 0 Å². The van der Waals surface area contributed by atoms with Gasteiger partial charge < -0.3 is 10.1 Å². The molecular weight excluding hydrogens is 366 g/mol. The van der Waals surface area contributed by atoms with Gasteiger partial charge >= 0.3 is 11.5 Å². The quantitative estimate of drug-likeness (QED) is 0.315. The van der Waals surface area contributed by atoms with Crippen LogP contribution in [0, 0.1) is 0 Å². The van der Waals surface area contributed by atoms with E-state index in [0.717, 1.165) is 0 Å². The van der Waals surface area contributed by atoms with Gasteiger partial charge in [0.1, 0.15) is 5.76 Å². The van der Waals surface area contributed by atoms with Crippen LogP contribution in [0.15, 0.2) is 36.2 Å². The van der Waals surface area contributed by atoms with Crippen LogP contribution >= 0.6 is 34.8 Å². The highest BCUT2D eigenvalue weighted by Crippen LogP contribution is 2.40. The molecule has 1 aromatic rings. The second-order valence-corrected chi connectivity index (χ2v) is 5.22. The molecule has 120 valence electrons. The Balaban J connectivity index is 3.00. The largest absolute Gasteiger partial charge is 0.455 e. The highest BCUT2D eigenvalue weighted by molar-refractivity contribution is 6.63. The van der Waals surface area contributed by atoms with Crippen LogP contribution in [0.5, 0.6) is 5.75 Å². The third kappa shape index (κ3) is 5.44. The number of benzene rings is 1. The minimum atomic E-state index is -4.58. The lowest BCUT2D eigenvalue weighted by molar-refractivity contribution is -0.137. The number of amides is 1. The van der Waals surface area contributed by atoms with E-state index in [0.29, 0.717) is 17.8 Å². The van der Waals surface area contributed by atoms with Gasteiger partial charge in [-0.05, 0) is 36.7 Å². The lowest BCUT2D eigenvalue weighted by atomic mass is 10.2. The Morgan fingerprint density at radius 1 is 1.32 bits per heavy atom. The van der Waals surface area contributed by atoms with Crippen molar-refractivity contribution in [3.63, 3.8) is 0 Å². The molecule has 0 aliphatic heterocycles. The monoisotopic (exact) mass is 373 g/mol. The van der Waals surface area contributed by atoms with E-state index < -0.39 is 17.1 Å². The van der Waals surface area contributed by atoms with Crippen LogP contribution in [0.1, 0.15) is 12.5 Å². The van der Waals surface area contributed by atoms with Crippen molar-refractivity contribution < 1.29 is 22.7 Å². The first kappa shape index (κ1) is 18.7. The SMILES string of the molecule is C=C(/C=C(/C)NC(=O)Cl)Oc1c(Cl)cc(C(F)(F)F)cc1Cl. The fourth-order valence-electron chi connectivity index (χ4n) is 1.41. The van der Waals surface area contributed by atoms with Gasteiger partial charge in [-0.2, -0.15) is 13.2 Å². The van der Waals surface area contributed by atoms with E-state index in [1.54, 1.807) is 0 Å². The predicted molar refractivity (Wildman–Crippen MR) is 79.4 cm³/mol. The van der Waals surface area contributed by atoms with Gasteiger partial charge in [0, 0.05) is 5.70 Å². The van der Waals surface area contributed by atoms with Crippen molar-refractivity contribution in [2.45, 2.75) is 13.1 Å². The molecule has 1 N–H and O–H groups in total. The second-order valence-electron chi connectivity index (χ2n) is 4.06. The molecule has 0 aliphatic carbocycles. The van der Waals surface area contributed by atoms with Crippen molar-refractivity contribution in [1.29, 1.82) is 0 Å². The summed E-state index contributed by atoms with van der Waals surface area (Å²) in [5.41, 5.74) is -0.689. The number of halogens is 6. The topological polar surface area (TPSA) is 38.3 Å². The van der Waals surface area contributed by atoms with E-state index in [1.807, 2.05) is 0 Å². The Bertz CT molecular complexity index is 619. The van der Waals surface area contributed by atoms with Crippen molar-refractivity contribution >= 4 is 40.2 Å². The maximum absolute atomic E-state index is 12.6. The molecule has 0 unspecified atom stereocenters. The summed E-state index contributed by atoms with van der Waals surface area (Å²) in [5.74, 6) is -0.186. The van der Waals surface area contributed by atoms with Gasteiger partial charge in [-0.15, -0.1) is 0 Å². The number of hydrogen-bond donors (Lipinski definition) is 1. The zero-order valence-corrected chi connectivity index (χ0v) is 13.3. The van der Waals surface area contributed by atoms with Gasteiger partial charge in [-0.25, -0.2) is 0 Å². The fourth-order valence-corrected chi connectivity index (χ4v) is 2.13. The molecular formula is C13H9Cl3F3NO2. The minimum Gasteiger partial charge on any atom is -0.455 e. The lowest BCUT2D eigenvalue weighted by Crippen LogP contribution is -2.13. The van der Waals surface area contributed by atoms with E-state index in [2.05, 4.69) is 11.9 Å². The van der Waals surface area contributed by atoms with Crippen LogP contribution in [0.2, 0.25) is 10.0 Å². The van der Waals surface area contributed by atoms with E-state index in [1.165, 1.54) is 13.0 Å². The van der Waals surface area contributed by atoms with Crippen LogP contribution in [-0.4, -0.2) is 5.37 Å². The summed E-state index contributed by atoms with van der Waals surface area (Å²) >= 11 is 16.6. The van der Waals surface area contributed by atoms with E-state index in [9.17, 15) is 18.0 Å². The summed E-state index contributed by atoms with van der Waals surface area (Å²) in [5, 5.41) is 0.786. The number of hydrogen-bond acceptors (Lipinski definition) is 2. The molecule has 0 heterocycles. The fraction of sp³-hybridized carbons (Fsp3) is 0.154. The van der Waals surface area contributed by atoms with E-state index in [4.69, 9.17) is 39.5 Å². The lowest BCUT2D eigenvalue weighted by Gasteiger charge is -2.13.